The fraction of sp³-hybridized carbons (Fsp3) is 0.600. The highest BCUT2D eigenvalue weighted by molar-refractivity contribution is 7.99. The summed E-state index contributed by atoms with van der Waals surface area (Å²) < 4.78 is 0. The molecule has 0 spiro atoms. The molecule has 2 N–H and O–H groups in total. The topological polar surface area (TPSA) is 32.3 Å². The van der Waals surface area contributed by atoms with Crippen molar-refractivity contribution in [1.82, 2.24) is 5.32 Å². The standard InChI is InChI=1S/C15H23NOS/c1-11-7-12(2)9-13(8-11)15(17)10-16-14-3-5-18-6-4-14/h7-9,14-17H,3-6,10H2,1-2H3. The van der Waals surface area contributed by atoms with Crippen LogP contribution in [-0.2, 0) is 0 Å². The van der Waals surface area contributed by atoms with Crippen LogP contribution in [0.4, 0.5) is 0 Å². The van der Waals surface area contributed by atoms with E-state index in [1.165, 1.54) is 35.5 Å². The number of aliphatic hydroxyl groups excluding tert-OH is 1. The predicted molar refractivity (Wildman–Crippen MR) is 79.2 cm³/mol. The Balaban J connectivity index is 1.88. The van der Waals surface area contributed by atoms with Crippen molar-refractivity contribution < 1.29 is 5.11 Å². The van der Waals surface area contributed by atoms with Crippen LogP contribution >= 0.6 is 11.8 Å². The van der Waals surface area contributed by atoms with E-state index in [-0.39, 0.29) is 0 Å². The van der Waals surface area contributed by atoms with Gasteiger partial charge in [0.15, 0.2) is 0 Å². The average molecular weight is 265 g/mol. The van der Waals surface area contributed by atoms with Gasteiger partial charge < -0.3 is 10.4 Å². The zero-order valence-corrected chi connectivity index (χ0v) is 12.1. The maximum absolute atomic E-state index is 10.2. The summed E-state index contributed by atoms with van der Waals surface area (Å²) in [5.41, 5.74) is 3.47. The SMILES string of the molecule is Cc1cc(C)cc(C(O)CNC2CCSCC2)c1. The summed E-state index contributed by atoms with van der Waals surface area (Å²) >= 11 is 2.03. The molecule has 18 heavy (non-hydrogen) atoms. The molecule has 2 rings (SSSR count). The first-order valence-electron chi connectivity index (χ1n) is 6.72. The summed E-state index contributed by atoms with van der Waals surface area (Å²) in [7, 11) is 0. The summed E-state index contributed by atoms with van der Waals surface area (Å²) in [5, 5.41) is 13.7. The fourth-order valence-electron chi connectivity index (χ4n) is 2.50. The van der Waals surface area contributed by atoms with Crippen LogP contribution in [0.25, 0.3) is 0 Å². The lowest BCUT2D eigenvalue weighted by atomic mass is 10.0. The van der Waals surface area contributed by atoms with Crippen molar-refractivity contribution in [1.29, 1.82) is 0 Å². The summed E-state index contributed by atoms with van der Waals surface area (Å²) in [5.74, 6) is 2.49. The van der Waals surface area contributed by atoms with Gasteiger partial charge in [-0.05, 0) is 43.8 Å². The van der Waals surface area contributed by atoms with Gasteiger partial charge in [-0.15, -0.1) is 0 Å². The van der Waals surface area contributed by atoms with Gasteiger partial charge in [0.25, 0.3) is 0 Å². The monoisotopic (exact) mass is 265 g/mol. The summed E-state index contributed by atoms with van der Waals surface area (Å²) in [6.07, 6.45) is 2.06. The third-order valence-electron chi connectivity index (χ3n) is 3.45. The van der Waals surface area contributed by atoms with Crippen LogP contribution in [0, 0.1) is 13.8 Å². The zero-order chi connectivity index (χ0) is 13.0. The van der Waals surface area contributed by atoms with E-state index in [2.05, 4.69) is 37.4 Å². The van der Waals surface area contributed by atoms with Gasteiger partial charge in [-0.25, -0.2) is 0 Å². The first-order valence-corrected chi connectivity index (χ1v) is 7.88. The maximum Gasteiger partial charge on any atom is 0.0914 e. The van der Waals surface area contributed by atoms with E-state index in [0.29, 0.717) is 12.6 Å². The van der Waals surface area contributed by atoms with Crippen LogP contribution < -0.4 is 5.32 Å². The van der Waals surface area contributed by atoms with Crippen LogP contribution in [0.15, 0.2) is 18.2 Å². The molecule has 1 atom stereocenters. The second-order valence-corrected chi connectivity index (χ2v) is 6.46. The molecule has 2 nitrogen and oxygen atoms in total. The van der Waals surface area contributed by atoms with Crippen LogP contribution in [0.1, 0.15) is 35.6 Å². The van der Waals surface area contributed by atoms with Crippen molar-refractivity contribution in [3.8, 4) is 0 Å². The van der Waals surface area contributed by atoms with Gasteiger partial charge >= 0.3 is 0 Å². The van der Waals surface area contributed by atoms with Crippen molar-refractivity contribution >= 4 is 11.8 Å². The molecule has 1 aliphatic rings. The molecule has 0 bridgehead atoms. The van der Waals surface area contributed by atoms with E-state index in [0.717, 1.165) is 5.56 Å². The van der Waals surface area contributed by atoms with Gasteiger partial charge in [0.2, 0.25) is 0 Å². The van der Waals surface area contributed by atoms with Crippen molar-refractivity contribution in [3.05, 3.63) is 34.9 Å². The number of benzene rings is 1. The molecule has 1 aromatic carbocycles. The lowest BCUT2D eigenvalue weighted by molar-refractivity contribution is 0.168. The Bertz CT molecular complexity index is 368. The van der Waals surface area contributed by atoms with E-state index < -0.39 is 6.10 Å². The summed E-state index contributed by atoms with van der Waals surface area (Å²) in [6, 6.07) is 6.89. The minimum absolute atomic E-state index is 0.391. The Morgan fingerprint density at radius 2 is 1.83 bits per heavy atom. The zero-order valence-electron chi connectivity index (χ0n) is 11.3. The van der Waals surface area contributed by atoms with Gasteiger partial charge in [-0.3, -0.25) is 0 Å². The largest absolute Gasteiger partial charge is 0.387 e. The fourth-order valence-corrected chi connectivity index (χ4v) is 3.61. The van der Waals surface area contributed by atoms with Crippen molar-refractivity contribution in [3.63, 3.8) is 0 Å². The number of hydrogen-bond donors (Lipinski definition) is 2. The van der Waals surface area contributed by atoms with E-state index >= 15 is 0 Å². The Morgan fingerprint density at radius 1 is 1.22 bits per heavy atom. The van der Waals surface area contributed by atoms with Crippen molar-refractivity contribution in [2.24, 2.45) is 0 Å². The molecule has 0 aliphatic carbocycles. The highest BCUT2D eigenvalue weighted by atomic mass is 32.2. The first-order chi connectivity index (χ1) is 8.65. The number of nitrogens with one attached hydrogen (secondary N) is 1. The van der Waals surface area contributed by atoms with Crippen molar-refractivity contribution in [2.45, 2.75) is 38.8 Å². The molecule has 0 aromatic heterocycles. The lowest BCUT2D eigenvalue weighted by Gasteiger charge is -2.24. The molecule has 1 fully saturated rings. The molecule has 0 amide bonds. The number of aliphatic hydroxyl groups is 1. The van der Waals surface area contributed by atoms with E-state index in [4.69, 9.17) is 0 Å². The highest BCUT2D eigenvalue weighted by Gasteiger charge is 2.15. The van der Waals surface area contributed by atoms with Gasteiger partial charge in [0.05, 0.1) is 6.10 Å². The molecule has 1 saturated heterocycles. The molecule has 1 heterocycles. The molecular weight excluding hydrogens is 242 g/mol. The van der Waals surface area contributed by atoms with Crippen LogP contribution in [0.2, 0.25) is 0 Å². The lowest BCUT2D eigenvalue weighted by Crippen LogP contribution is -2.35. The second-order valence-electron chi connectivity index (χ2n) is 5.23. The quantitative estimate of drug-likeness (QED) is 0.878. The molecule has 1 aliphatic heterocycles. The van der Waals surface area contributed by atoms with E-state index in [9.17, 15) is 5.11 Å². The Labute approximate surface area is 114 Å². The molecule has 100 valence electrons. The van der Waals surface area contributed by atoms with E-state index in [1.54, 1.807) is 0 Å². The van der Waals surface area contributed by atoms with Crippen LogP contribution in [-0.4, -0.2) is 29.2 Å². The molecule has 0 saturated carbocycles. The Kier molecular flexibility index (Phi) is 5.10. The third-order valence-corrected chi connectivity index (χ3v) is 4.50. The summed E-state index contributed by atoms with van der Waals surface area (Å²) in [6.45, 7) is 4.82. The predicted octanol–water partition coefficient (Wildman–Crippen LogP) is 2.82. The molecular formula is C15H23NOS. The highest BCUT2D eigenvalue weighted by Crippen LogP contribution is 2.19. The van der Waals surface area contributed by atoms with Gasteiger partial charge in [-0.2, -0.15) is 11.8 Å². The molecule has 1 unspecified atom stereocenters. The average Bonchev–Trinajstić information content (AvgIpc) is 2.36. The van der Waals surface area contributed by atoms with Crippen molar-refractivity contribution in [2.75, 3.05) is 18.1 Å². The minimum Gasteiger partial charge on any atom is -0.387 e. The minimum atomic E-state index is -0.391. The van der Waals surface area contributed by atoms with Gasteiger partial charge in [0.1, 0.15) is 0 Å². The first kappa shape index (κ1) is 13.9. The van der Waals surface area contributed by atoms with Crippen LogP contribution in [0.3, 0.4) is 0 Å². The van der Waals surface area contributed by atoms with E-state index in [1.807, 2.05) is 11.8 Å². The Morgan fingerprint density at radius 3 is 2.44 bits per heavy atom. The summed E-state index contributed by atoms with van der Waals surface area (Å²) in [4.78, 5) is 0. The second kappa shape index (κ2) is 6.60. The number of hydrogen-bond acceptors (Lipinski definition) is 3. The molecule has 0 radical (unpaired) electrons. The number of aryl methyl sites for hydroxylation is 2. The normalized spacial score (nSPS) is 18.8. The van der Waals surface area contributed by atoms with Gasteiger partial charge in [-0.1, -0.05) is 29.3 Å². The Hall–Kier alpha value is -0.510. The molecule has 3 heteroatoms. The number of thioether (sulfide) groups is 1. The van der Waals surface area contributed by atoms with Crippen LogP contribution in [0.5, 0.6) is 0 Å². The van der Waals surface area contributed by atoms with Gasteiger partial charge in [0, 0.05) is 12.6 Å². The third kappa shape index (κ3) is 4.01. The number of rotatable bonds is 4. The maximum atomic E-state index is 10.2. The smallest absolute Gasteiger partial charge is 0.0914 e. The molecule has 1 aromatic rings.